The normalized spacial score (nSPS) is 11.6. The lowest BCUT2D eigenvalue weighted by Crippen LogP contribution is -2.56. The highest BCUT2D eigenvalue weighted by Gasteiger charge is 2.30. The van der Waals surface area contributed by atoms with Crippen molar-refractivity contribution >= 4 is 55.4 Å². The van der Waals surface area contributed by atoms with Crippen LogP contribution in [0, 0.1) is 41.5 Å². The molecule has 0 atom stereocenters. The molecule has 0 unspecified atom stereocenters. The molecule has 1 heteroatoms. The number of rotatable bonds is 5. The van der Waals surface area contributed by atoms with Crippen molar-refractivity contribution in [3.63, 3.8) is 0 Å². The molecule has 0 aliphatic carbocycles. The molecule has 226 valence electrons. The first kappa shape index (κ1) is 29.3. The van der Waals surface area contributed by atoms with Crippen molar-refractivity contribution in [2.45, 2.75) is 41.5 Å². The first-order chi connectivity index (χ1) is 22.8. The summed E-state index contributed by atoms with van der Waals surface area (Å²) in [6.45, 7) is 13.7. The summed E-state index contributed by atoms with van der Waals surface area (Å²) in [5, 5.41) is 7.98. The molecule has 47 heavy (non-hydrogen) atoms. The zero-order valence-corrected chi connectivity index (χ0v) is 28.2. The van der Waals surface area contributed by atoms with Gasteiger partial charge in [0.2, 0.25) is 6.71 Å². The molecule has 0 amide bonds. The Kier molecular flexibility index (Phi) is 7.03. The third-order valence-electron chi connectivity index (χ3n) is 10.4. The van der Waals surface area contributed by atoms with Crippen molar-refractivity contribution in [2.75, 3.05) is 0 Å². The lowest BCUT2D eigenvalue weighted by Gasteiger charge is -2.26. The molecule has 0 aliphatic heterocycles. The van der Waals surface area contributed by atoms with Crippen molar-refractivity contribution in [1.29, 1.82) is 0 Å². The molecule has 0 bridgehead atoms. The van der Waals surface area contributed by atoms with Crippen molar-refractivity contribution in [2.24, 2.45) is 0 Å². The second kappa shape index (κ2) is 11.3. The molecule has 0 spiro atoms. The average Bonchev–Trinajstić information content (AvgIpc) is 3.06. The predicted molar refractivity (Wildman–Crippen MR) is 207 cm³/mol. The van der Waals surface area contributed by atoms with E-state index in [-0.39, 0.29) is 6.71 Å². The van der Waals surface area contributed by atoms with E-state index >= 15 is 0 Å². The van der Waals surface area contributed by atoms with Gasteiger partial charge in [0.1, 0.15) is 0 Å². The minimum Gasteiger partial charge on any atom is -0.0657 e. The fourth-order valence-corrected chi connectivity index (χ4v) is 8.55. The van der Waals surface area contributed by atoms with Crippen molar-refractivity contribution in [3.8, 4) is 22.3 Å². The Hall–Kier alpha value is -5.14. The van der Waals surface area contributed by atoms with E-state index in [0.717, 1.165) is 0 Å². The minimum atomic E-state index is 0.130. The predicted octanol–water partition coefficient (Wildman–Crippen LogP) is 10.3. The second-order valence-corrected chi connectivity index (χ2v) is 13.7. The molecule has 0 aromatic heterocycles. The molecular formula is C46H39B. The van der Waals surface area contributed by atoms with Crippen molar-refractivity contribution < 1.29 is 0 Å². The Labute approximate surface area is 279 Å². The molecule has 0 heterocycles. The van der Waals surface area contributed by atoms with Crippen LogP contribution in [0.15, 0.2) is 127 Å². The number of aryl methyl sites for hydroxylation is 6. The van der Waals surface area contributed by atoms with E-state index in [1.54, 1.807) is 0 Å². The summed E-state index contributed by atoms with van der Waals surface area (Å²) in [6, 6.07) is 47.9. The molecule has 0 saturated heterocycles. The van der Waals surface area contributed by atoms with E-state index in [0.29, 0.717) is 0 Å². The maximum Gasteiger partial charge on any atom is 0.243 e. The van der Waals surface area contributed by atoms with Crippen LogP contribution >= 0.6 is 0 Å². The molecule has 0 N–H and O–H groups in total. The topological polar surface area (TPSA) is 0 Å². The maximum atomic E-state index is 2.41. The summed E-state index contributed by atoms with van der Waals surface area (Å²) in [5.41, 5.74) is 17.3. The zero-order chi connectivity index (χ0) is 32.4. The van der Waals surface area contributed by atoms with Gasteiger partial charge in [0.15, 0.2) is 0 Å². The quantitative estimate of drug-likeness (QED) is 0.136. The van der Waals surface area contributed by atoms with Gasteiger partial charge in [-0.05, 0) is 96.1 Å². The third kappa shape index (κ3) is 4.85. The van der Waals surface area contributed by atoms with Crippen LogP contribution in [-0.4, -0.2) is 6.71 Å². The van der Waals surface area contributed by atoms with Gasteiger partial charge in [0.05, 0.1) is 0 Å². The second-order valence-electron chi connectivity index (χ2n) is 13.7. The largest absolute Gasteiger partial charge is 0.243 e. The molecular weight excluding hydrogens is 563 g/mol. The van der Waals surface area contributed by atoms with E-state index in [4.69, 9.17) is 0 Å². The van der Waals surface area contributed by atoms with Crippen LogP contribution in [0.1, 0.15) is 33.4 Å². The Bertz CT molecular complexity index is 2340. The SMILES string of the molecule is Cc1cc(C)c(B(c2c(C)cc(C)cc2C)c2ccc3ccc4c(-c5ccc(-c6ccccc6)cc5)ccc5ccc2c3c54)c(C)c1. The Morgan fingerprint density at radius 3 is 1.40 bits per heavy atom. The van der Waals surface area contributed by atoms with Crippen LogP contribution in [0.2, 0.25) is 0 Å². The van der Waals surface area contributed by atoms with Crippen LogP contribution in [0.3, 0.4) is 0 Å². The lowest BCUT2D eigenvalue weighted by atomic mass is 9.33. The number of benzene rings is 8. The van der Waals surface area contributed by atoms with Gasteiger partial charge in [-0.3, -0.25) is 0 Å². The Balaban J connectivity index is 1.39. The fraction of sp³-hybridized carbons (Fsp3) is 0.130. The number of hydrogen-bond acceptors (Lipinski definition) is 0. The van der Waals surface area contributed by atoms with E-state index in [1.165, 1.54) is 104 Å². The van der Waals surface area contributed by atoms with Gasteiger partial charge in [-0.25, -0.2) is 0 Å². The maximum absolute atomic E-state index is 2.41. The highest BCUT2D eigenvalue weighted by molar-refractivity contribution is 6.98. The summed E-state index contributed by atoms with van der Waals surface area (Å²) < 4.78 is 0. The molecule has 0 nitrogen and oxygen atoms in total. The highest BCUT2D eigenvalue weighted by atomic mass is 14.2. The molecule has 0 aliphatic rings. The van der Waals surface area contributed by atoms with Crippen LogP contribution in [0.5, 0.6) is 0 Å². The first-order valence-corrected chi connectivity index (χ1v) is 16.8. The third-order valence-corrected chi connectivity index (χ3v) is 10.4. The van der Waals surface area contributed by atoms with E-state index in [9.17, 15) is 0 Å². The van der Waals surface area contributed by atoms with Gasteiger partial charge in [0, 0.05) is 0 Å². The zero-order valence-electron chi connectivity index (χ0n) is 28.2. The smallest absolute Gasteiger partial charge is 0.0657 e. The van der Waals surface area contributed by atoms with Crippen LogP contribution in [0.4, 0.5) is 0 Å². The summed E-state index contributed by atoms with van der Waals surface area (Å²) in [5.74, 6) is 0. The van der Waals surface area contributed by atoms with Gasteiger partial charge in [-0.1, -0.05) is 177 Å². The minimum absolute atomic E-state index is 0.130. The van der Waals surface area contributed by atoms with E-state index in [1.807, 2.05) is 0 Å². The monoisotopic (exact) mass is 602 g/mol. The molecule has 8 aromatic rings. The van der Waals surface area contributed by atoms with Crippen molar-refractivity contribution in [1.82, 2.24) is 0 Å². The molecule has 8 rings (SSSR count). The van der Waals surface area contributed by atoms with E-state index < -0.39 is 0 Å². The molecule has 0 saturated carbocycles. The van der Waals surface area contributed by atoms with Crippen molar-refractivity contribution in [3.05, 3.63) is 161 Å². The summed E-state index contributed by atoms with van der Waals surface area (Å²) in [7, 11) is 0. The molecule has 8 aromatic carbocycles. The Morgan fingerprint density at radius 1 is 0.383 bits per heavy atom. The standard InChI is InChI=1S/C46H39B/c1-28-24-30(3)45(31(4)25-28)47(46-32(5)26-29(2)27-33(46)6)42-23-19-38-17-21-40-39(20-16-37-18-22-41(42)44(38)43(37)40)36-14-12-35(13-15-36)34-10-8-7-9-11-34/h7-27H,1-6H3. The van der Waals surface area contributed by atoms with Gasteiger partial charge < -0.3 is 0 Å². The van der Waals surface area contributed by atoms with Crippen LogP contribution < -0.4 is 16.4 Å². The van der Waals surface area contributed by atoms with Crippen LogP contribution in [0.25, 0.3) is 54.6 Å². The van der Waals surface area contributed by atoms with Gasteiger partial charge in [-0.15, -0.1) is 0 Å². The number of hydrogen-bond donors (Lipinski definition) is 0. The summed E-state index contributed by atoms with van der Waals surface area (Å²) >= 11 is 0. The lowest BCUT2D eigenvalue weighted by molar-refractivity contribution is 1.34. The average molecular weight is 603 g/mol. The fourth-order valence-electron chi connectivity index (χ4n) is 8.55. The van der Waals surface area contributed by atoms with Gasteiger partial charge in [0.25, 0.3) is 0 Å². The first-order valence-electron chi connectivity index (χ1n) is 16.8. The highest BCUT2D eigenvalue weighted by Crippen LogP contribution is 2.39. The molecule has 0 radical (unpaired) electrons. The Morgan fingerprint density at radius 2 is 0.830 bits per heavy atom. The van der Waals surface area contributed by atoms with E-state index in [2.05, 4.69) is 169 Å². The summed E-state index contributed by atoms with van der Waals surface area (Å²) in [4.78, 5) is 0. The van der Waals surface area contributed by atoms with Gasteiger partial charge >= 0.3 is 0 Å². The van der Waals surface area contributed by atoms with Gasteiger partial charge in [-0.2, -0.15) is 0 Å². The summed E-state index contributed by atoms with van der Waals surface area (Å²) in [6.07, 6.45) is 0. The molecule has 0 fully saturated rings. The van der Waals surface area contributed by atoms with Crippen LogP contribution in [-0.2, 0) is 0 Å².